The van der Waals surface area contributed by atoms with Crippen molar-refractivity contribution in [2.24, 2.45) is 0 Å². The SMILES string of the molecule is c1ccc(-c2cc(-c3cccc4c3oc3ccccc34)cc(N(c3ccc(-c4ccc5ccc6ccccc6c5c4)cc3)c3ccc4ccc5ccccc5c4c3)c2)cc1. The molecule has 11 aromatic carbocycles. The lowest BCUT2D eigenvalue weighted by Gasteiger charge is -2.27. The lowest BCUT2D eigenvalue weighted by Crippen LogP contribution is -2.10. The predicted octanol–water partition coefficient (Wildman–Crippen LogP) is 16.7. The van der Waals surface area contributed by atoms with Crippen LogP contribution >= 0.6 is 0 Å². The van der Waals surface area contributed by atoms with Crippen molar-refractivity contribution in [2.75, 3.05) is 4.90 Å². The van der Waals surface area contributed by atoms with E-state index in [1.54, 1.807) is 0 Å². The Balaban J connectivity index is 1.07. The first-order valence-electron chi connectivity index (χ1n) is 20.6. The predicted molar refractivity (Wildman–Crippen MR) is 255 cm³/mol. The molecule has 0 unspecified atom stereocenters. The van der Waals surface area contributed by atoms with Gasteiger partial charge in [0, 0.05) is 33.4 Å². The summed E-state index contributed by atoms with van der Waals surface area (Å²) in [5.74, 6) is 0. The molecular formula is C58H37NO. The van der Waals surface area contributed by atoms with Crippen LogP contribution in [0, 0.1) is 0 Å². The molecule has 0 fully saturated rings. The Morgan fingerprint density at radius 1 is 0.267 bits per heavy atom. The van der Waals surface area contributed by atoms with Crippen LogP contribution in [0.5, 0.6) is 0 Å². The molecule has 1 aromatic heterocycles. The molecule has 0 saturated carbocycles. The van der Waals surface area contributed by atoms with Gasteiger partial charge in [-0.2, -0.15) is 0 Å². The van der Waals surface area contributed by atoms with E-state index in [4.69, 9.17) is 4.42 Å². The Morgan fingerprint density at radius 2 is 0.800 bits per heavy atom. The zero-order chi connectivity index (χ0) is 39.6. The molecule has 12 aromatic rings. The number of benzene rings is 11. The number of hydrogen-bond acceptors (Lipinski definition) is 2. The van der Waals surface area contributed by atoms with E-state index in [1.807, 2.05) is 6.07 Å². The first-order valence-corrected chi connectivity index (χ1v) is 20.6. The minimum absolute atomic E-state index is 0.893. The highest BCUT2D eigenvalue weighted by molar-refractivity contribution is 6.12. The van der Waals surface area contributed by atoms with Crippen LogP contribution in [0.15, 0.2) is 229 Å². The van der Waals surface area contributed by atoms with E-state index >= 15 is 0 Å². The molecule has 12 rings (SSSR count). The third-order valence-electron chi connectivity index (χ3n) is 12.2. The Labute approximate surface area is 347 Å². The van der Waals surface area contributed by atoms with Gasteiger partial charge in [-0.25, -0.2) is 0 Å². The van der Waals surface area contributed by atoms with Crippen molar-refractivity contribution in [3.8, 4) is 33.4 Å². The van der Waals surface area contributed by atoms with Gasteiger partial charge >= 0.3 is 0 Å². The number of hydrogen-bond donors (Lipinski definition) is 0. The largest absolute Gasteiger partial charge is 0.455 e. The van der Waals surface area contributed by atoms with Crippen LogP contribution in [-0.4, -0.2) is 0 Å². The van der Waals surface area contributed by atoms with Crippen molar-refractivity contribution in [3.63, 3.8) is 0 Å². The quantitative estimate of drug-likeness (QED) is 0.157. The maximum absolute atomic E-state index is 6.63. The lowest BCUT2D eigenvalue weighted by molar-refractivity contribution is 0.670. The third-order valence-corrected chi connectivity index (χ3v) is 12.2. The second-order valence-electron chi connectivity index (χ2n) is 15.7. The highest BCUT2D eigenvalue weighted by atomic mass is 16.3. The number of furan rings is 1. The maximum atomic E-state index is 6.63. The second kappa shape index (κ2) is 13.9. The van der Waals surface area contributed by atoms with Crippen molar-refractivity contribution in [1.29, 1.82) is 0 Å². The van der Waals surface area contributed by atoms with E-state index in [2.05, 4.69) is 223 Å². The van der Waals surface area contributed by atoms with Gasteiger partial charge in [0.25, 0.3) is 0 Å². The number of fused-ring (bicyclic) bond motifs is 9. The highest BCUT2D eigenvalue weighted by Crippen LogP contribution is 2.44. The normalized spacial score (nSPS) is 11.7. The van der Waals surface area contributed by atoms with Crippen molar-refractivity contribution >= 4 is 82.1 Å². The lowest BCUT2D eigenvalue weighted by atomic mass is 9.95. The van der Waals surface area contributed by atoms with Crippen LogP contribution in [-0.2, 0) is 0 Å². The molecule has 0 atom stereocenters. The summed E-state index contributed by atoms with van der Waals surface area (Å²) in [4.78, 5) is 2.41. The topological polar surface area (TPSA) is 16.4 Å². The molecule has 0 N–H and O–H groups in total. The van der Waals surface area contributed by atoms with Crippen molar-refractivity contribution in [2.45, 2.75) is 0 Å². The number of para-hydroxylation sites is 2. The van der Waals surface area contributed by atoms with Gasteiger partial charge in [0.05, 0.1) is 0 Å². The summed E-state index contributed by atoms with van der Waals surface area (Å²) in [5.41, 5.74) is 11.8. The fourth-order valence-corrected chi connectivity index (χ4v) is 9.23. The molecule has 0 spiro atoms. The molecule has 280 valence electrons. The van der Waals surface area contributed by atoms with Crippen LogP contribution in [0.4, 0.5) is 17.1 Å². The first kappa shape index (κ1) is 34.1. The van der Waals surface area contributed by atoms with Gasteiger partial charge in [0.2, 0.25) is 0 Å². The van der Waals surface area contributed by atoms with Gasteiger partial charge in [-0.15, -0.1) is 0 Å². The summed E-state index contributed by atoms with van der Waals surface area (Å²) in [6.07, 6.45) is 0. The van der Waals surface area contributed by atoms with Gasteiger partial charge in [0.15, 0.2) is 0 Å². The Bertz CT molecular complexity index is 3600. The summed E-state index contributed by atoms with van der Waals surface area (Å²) in [5, 5.41) is 12.2. The zero-order valence-electron chi connectivity index (χ0n) is 32.7. The van der Waals surface area contributed by atoms with Crippen LogP contribution < -0.4 is 4.90 Å². The monoisotopic (exact) mass is 763 g/mol. The summed E-state index contributed by atoms with van der Waals surface area (Å²) in [7, 11) is 0. The van der Waals surface area contributed by atoms with Crippen LogP contribution in [0.1, 0.15) is 0 Å². The molecule has 1 heterocycles. The number of nitrogens with zero attached hydrogens (tertiary/aromatic N) is 1. The molecule has 0 aliphatic rings. The maximum Gasteiger partial charge on any atom is 0.143 e. The Morgan fingerprint density at radius 3 is 1.55 bits per heavy atom. The van der Waals surface area contributed by atoms with Crippen LogP contribution in [0.25, 0.3) is 98.4 Å². The van der Waals surface area contributed by atoms with E-state index in [-0.39, 0.29) is 0 Å². The van der Waals surface area contributed by atoms with Crippen molar-refractivity contribution in [3.05, 3.63) is 224 Å². The summed E-state index contributed by atoms with van der Waals surface area (Å²) in [6.45, 7) is 0. The second-order valence-corrected chi connectivity index (χ2v) is 15.7. The number of anilines is 3. The van der Waals surface area contributed by atoms with Gasteiger partial charge in [-0.05, 0) is 126 Å². The first-order chi connectivity index (χ1) is 29.7. The summed E-state index contributed by atoms with van der Waals surface area (Å²) < 4.78 is 6.63. The van der Waals surface area contributed by atoms with Crippen molar-refractivity contribution in [1.82, 2.24) is 0 Å². The molecule has 2 nitrogen and oxygen atoms in total. The van der Waals surface area contributed by atoms with E-state index in [0.29, 0.717) is 0 Å². The fourth-order valence-electron chi connectivity index (χ4n) is 9.23. The van der Waals surface area contributed by atoms with Crippen molar-refractivity contribution < 1.29 is 4.42 Å². The van der Waals surface area contributed by atoms with E-state index in [9.17, 15) is 0 Å². The van der Waals surface area contributed by atoms with Gasteiger partial charge in [-0.1, -0.05) is 170 Å². The van der Waals surface area contributed by atoms with Gasteiger partial charge in [-0.3, -0.25) is 0 Å². The molecule has 0 bridgehead atoms. The molecular weight excluding hydrogens is 727 g/mol. The highest BCUT2D eigenvalue weighted by Gasteiger charge is 2.19. The van der Waals surface area contributed by atoms with Crippen LogP contribution in [0.3, 0.4) is 0 Å². The molecule has 2 heteroatoms. The molecule has 0 aliphatic heterocycles. The standard InChI is InChI=1S/C58H37NO/c1-2-11-38(12-3-1)45-33-46(52-18-10-19-54-53-17-8-9-20-57(53)60-58(52)54)35-49(34-45)59(48-32-29-43-24-22-41-14-5-7-16-51(41)56(43)37-48)47-30-27-39(28-31-47)44-26-25-42-23-21-40-13-4-6-15-50(40)55(42)36-44/h1-37H. The summed E-state index contributed by atoms with van der Waals surface area (Å²) >= 11 is 0. The smallest absolute Gasteiger partial charge is 0.143 e. The van der Waals surface area contributed by atoms with E-state index < -0.39 is 0 Å². The average Bonchev–Trinajstić information content (AvgIpc) is 3.71. The van der Waals surface area contributed by atoms with Gasteiger partial charge < -0.3 is 9.32 Å². The Kier molecular flexibility index (Phi) is 7.89. The average molecular weight is 764 g/mol. The summed E-state index contributed by atoms with van der Waals surface area (Å²) in [6, 6.07) is 81.5. The fraction of sp³-hybridized carbons (Fsp3) is 0. The molecule has 0 aliphatic carbocycles. The minimum Gasteiger partial charge on any atom is -0.455 e. The molecule has 60 heavy (non-hydrogen) atoms. The Hall–Kier alpha value is -7.94. The van der Waals surface area contributed by atoms with E-state index in [0.717, 1.165) is 61.3 Å². The van der Waals surface area contributed by atoms with Gasteiger partial charge in [0.1, 0.15) is 11.2 Å². The third kappa shape index (κ3) is 5.73. The molecule has 0 radical (unpaired) electrons. The van der Waals surface area contributed by atoms with E-state index in [1.165, 1.54) is 54.2 Å². The minimum atomic E-state index is 0.893. The number of rotatable bonds is 6. The molecule has 0 saturated heterocycles. The molecule has 0 amide bonds. The zero-order valence-corrected chi connectivity index (χ0v) is 32.7. The van der Waals surface area contributed by atoms with Crippen LogP contribution in [0.2, 0.25) is 0 Å².